The molecule has 3 nitrogen and oxygen atoms in total. The maximum Gasteiger partial charge on any atom is 0.306 e. The summed E-state index contributed by atoms with van der Waals surface area (Å²) in [4.78, 5) is 10.7. The predicted octanol–water partition coefficient (Wildman–Crippen LogP) is 2.35. The highest BCUT2D eigenvalue weighted by Crippen LogP contribution is 2.42. The highest BCUT2D eigenvalue weighted by molar-refractivity contribution is 5.73. The molecule has 86 valence electrons. The minimum Gasteiger partial charge on any atom is -0.508 e. The van der Waals surface area contributed by atoms with Gasteiger partial charge in [0.2, 0.25) is 0 Å². The summed E-state index contributed by atoms with van der Waals surface area (Å²) in [7, 11) is 0. The standard InChI is InChI=1S/C13H16O3/c1-8-3-2-4-12(14)10(8)6-5-9-7-11(9)13(15)16/h2-4,9,11,14H,5-7H2,1H3,(H,15,16). The van der Waals surface area contributed by atoms with Crippen molar-refractivity contribution in [1.29, 1.82) is 0 Å². The Balaban J connectivity index is 1.94. The van der Waals surface area contributed by atoms with Crippen LogP contribution in [-0.2, 0) is 11.2 Å². The van der Waals surface area contributed by atoms with Gasteiger partial charge >= 0.3 is 5.97 Å². The summed E-state index contributed by atoms with van der Waals surface area (Å²) in [5.41, 5.74) is 2.03. The van der Waals surface area contributed by atoms with Crippen molar-refractivity contribution in [3.05, 3.63) is 29.3 Å². The molecule has 1 aromatic carbocycles. The van der Waals surface area contributed by atoms with Crippen LogP contribution in [0.5, 0.6) is 5.75 Å². The first-order valence-electron chi connectivity index (χ1n) is 5.60. The van der Waals surface area contributed by atoms with Crippen LogP contribution in [-0.4, -0.2) is 16.2 Å². The molecule has 16 heavy (non-hydrogen) atoms. The number of carbonyl (C=O) groups is 1. The lowest BCUT2D eigenvalue weighted by molar-refractivity contribution is -0.138. The number of phenolic OH excluding ortho intramolecular Hbond substituents is 1. The lowest BCUT2D eigenvalue weighted by atomic mass is 10.0. The number of carboxylic acid groups (broad SMARTS) is 1. The number of aliphatic carboxylic acids is 1. The minimum atomic E-state index is -0.681. The van der Waals surface area contributed by atoms with Gasteiger partial charge in [0.25, 0.3) is 0 Å². The van der Waals surface area contributed by atoms with E-state index in [9.17, 15) is 9.90 Å². The van der Waals surface area contributed by atoms with Crippen molar-refractivity contribution in [2.24, 2.45) is 11.8 Å². The molecule has 0 heterocycles. The average Bonchev–Trinajstić information content (AvgIpc) is 2.96. The molecule has 2 N–H and O–H groups in total. The van der Waals surface area contributed by atoms with Crippen LogP contribution in [0.15, 0.2) is 18.2 Å². The molecule has 3 heteroatoms. The second-order valence-corrected chi connectivity index (χ2v) is 4.55. The van der Waals surface area contributed by atoms with Gasteiger partial charge in [0.05, 0.1) is 5.92 Å². The average molecular weight is 220 g/mol. The number of hydrogen-bond acceptors (Lipinski definition) is 2. The molecular weight excluding hydrogens is 204 g/mol. The third kappa shape index (κ3) is 2.18. The molecule has 0 aliphatic heterocycles. The molecule has 1 aliphatic carbocycles. The lowest BCUT2D eigenvalue weighted by Crippen LogP contribution is -2.00. The van der Waals surface area contributed by atoms with Gasteiger partial charge in [-0.25, -0.2) is 0 Å². The quantitative estimate of drug-likeness (QED) is 0.818. The van der Waals surface area contributed by atoms with E-state index in [1.165, 1.54) is 0 Å². The summed E-state index contributed by atoms with van der Waals surface area (Å²) in [6, 6.07) is 5.48. The van der Waals surface area contributed by atoms with Gasteiger partial charge in [-0.2, -0.15) is 0 Å². The van der Waals surface area contributed by atoms with Gasteiger partial charge in [-0.1, -0.05) is 12.1 Å². The number of aryl methyl sites for hydroxylation is 1. The Kier molecular flexibility index (Phi) is 2.86. The predicted molar refractivity (Wildman–Crippen MR) is 60.4 cm³/mol. The molecule has 0 saturated heterocycles. The zero-order chi connectivity index (χ0) is 11.7. The largest absolute Gasteiger partial charge is 0.508 e. The maximum atomic E-state index is 10.7. The summed E-state index contributed by atoms with van der Waals surface area (Å²) in [5, 5.41) is 18.5. The smallest absolute Gasteiger partial charge is 0.306 e. The molecule has 0 aromatic heterocycles. The van der Waals surface area contributed by atoms with Gasteiger partial charge in [0, 0.05) is 0 Å². The number of aromatic hydroxyl groups is 1. The number of phenols is 1. The van der Waals surface area contributed by atoms with E-state index < -0.39 is 5.97 Å². The van der Waals surface area contributed by atoms with Crippen LogP contribution >= 0.6 is 0 Å². The van der Waals surface area contributed by atoms with Crippen LogP contribution in [0, 0.1) is 18.8 Å². The normalized spacial score (nSPS) is 23.1. The molecule has 2 atom stereocenters. The minimum absolute atomic E-state index is 0.147. The molecule has 0 bridgehead atoms. The third-order valence-corrected chi connectivity index (χ3v) is 3.39. The van der Waals surface area contributed by atoms with Crippen molar-refractivity contribution in [3.8, 4) is 5.75 Å². The Morgan fingerprint density at radius 3 is 2.81 bits per heavy atom. The fourth-order valence-electron chi connectivity index (χ4n) is 2.21. The van der Waals surface area contributed by atoms with E-state index in [1.54, 1.807) is 6.07 Å². The first kappa shape index (κ1) is 11.0. The van der Waals surface area contributed by atoms with Crippen molar-refractivity contribution in [2.75, 3.05) is 0 Å². The summed E-state index contributed by atoms with van der Waals surface area (Å²) in [6.07, 6.45) is 2.42. The molecule has 2 unspecified atom stereocenters. The highest BCUT2D eigenvalue weighted by Gasteiger charge is 2.42. The van der Waals surface area contributed by atoms with E-state index in [1.807, 2.05) is 19.1 Å². The molecule has 1 aromatic rings. The van der Waals surface area contributed by atoms with Crippen molar-refractivity contribution in [3.63, 3.8) is 0 Å². The number of benzene rings is 1. The second-order valence-electron chi connectivity index (χ2n) is 4.55. The van der Waals surface area contributed by atoms with Crippen LogP contribution in [0.1, 0.15) is 24.0 Å². The second kappa shape index (κ2) is 4.16. The van der Waals surface area contributed by atoms with Crippen LogP contribution in [0.4, 0.5) is 0 Å². The van der Waals surface area contributed by atoms with Crippen LogP contribution in [0.3, 0.4) is 0 Å². The number of carboxylic acids is 1. The van der Waals surface area contributed by atoms with E-state index in [2.05, 4.69) is 0 Å². The van der Waals surface area contributed by atoms with Crippen molar-refractivity contribution >= 4 is 5.97 Å². The molecule has 1 fully saturated rings. The highest BCUT2D eigenvalue weighted by atomic mass is 16.4. The SMILES string of the molecule is Cc1cccc(O)c1CCC1CC1C(=O)O. The van der Waals surface area contributed by atoms with E-state index in [0.717, 1.165) is 30.4 Å². The zero-order valence-electron chi connectivity index (χ0n) is 9.31. The monoisotopic (exact) mass is 220 g/mol. The van der Waals surface area contributed by atoms with Crippen LogP contribution in [0.25, 0.3) is 0 Å². The Morgan fingerprint density at radius 2 is 2.25 bits per heavy atom. The Labute approximate surface area is 94.7 Å². The molecule has 1 aliphatic rings. The van der Waals surface area contributed by atoms with Crippen LogP contribution in [0.2, 0.25) is 0 Å². The first-order valence-corrected chi connectivity index (χ1v) is 5.60. The van der Waals surface area contributed by atoms with Gasteiger partial charge in [-0.15, -0.1) is 0 Å². The molecule has 0 spiro atoms. The van der Waals surface area contributed by atoms with Gasteiger partial charge in [0.15, 0.2) is 0 Å². The van der Waals surface area contributed by atoms with Crippen molar-refractivity contribution in [1.82, 2.24) is 0 Å². The van der Waals surface area contributed by atoms with Gasteiger partial charge in [-0.05, 0) is 49.3 Å². The Bertz CT molecular complexity index is 391. The third-order valence-electron chi connectivity index (χ3n) is 3.39. The molecule has 1 saturated carbocycles. The Hall–Kier alpha value is -1.51. The van der Waals surface area contributed by atoms with Gasteiger partial charge in [0.1, 0.15) is 5.75 Å². The fraction of sp³-hybridized carbons (Fsp3) is 0.462. The van der Waals surface area contributed by atoms with E-state index in [4.69, 9.17) is 5.11 Å². The topological polar surface area (TPSA) is 57.5 Å². The molecular formula is C13H16O3. The number of rotatable bonds is 4. The van der Waals surface area contributed by atoms with Crippen LogP contribution < -0.4 is 0 Å². The molecule has 2 rings (SSSR count). The number of hydrogen-bond donors (Lipinski definition) is 2. The summed E-state index contributed by atoms with van der Waals surface area (Å²) in [5.74, 6) is -0.200. The summed E-state index contributed by atoms with van der Waals surface area (Å²) in [6.45, 7) is 1.97. The van der Waals surface area contributed by atoms with Gasteiger partial charge < -0.3 is 10.2 Å². The fourth-order valence-corrected chi connectivity index (χ4v) is 2.21. The van der Waals surface area contributed by atoms with E-state index in [0.29, 0.717) is 11.7 Å². The molecule has 0 radical (unpaired) electrons. The van der Waals surface area contributed by atoms with E-state index >= 15 is 0 Å². The zero-order valence-corrected chi connectivity index (χ0v) is 9.31. The van der Waals surface area contributed by atoms with E-state index in [-0.39, 0.29) is 5.92 Å². The summed E-state index contributed by atoms with van der Waals surface area (Å²) >= 11 is 0. The maximum absolute atomic E-state index is 10.7. The lowest BCUT2D eigenvalue weighted by Gasteiger charge is -2.07. The van der Waals surface area contributed by atoms with Crippen molar-refractivity contribution < 1.29 is 15.0 Å². The summed E-state index contributed by atoms with van der Waals surface area (Å²) < 4.78 is 0. The Morgan fingerprint density at radius 1 is 1.50 bits per heavy atom. The van der Waals surface area contributed by atoms with Gasteiger partial charge in [-0.3, -0.25) is 4.79 Å². The molecule has 0 amide bonds. The van der Waals surface area contributed by atoms with Crippen molar-refractivity contribution in [2.45, 2.75) is 26.2 Å². The first-order chi connectivity index (χ1) is 7.59.